The molecular formula is C50H66Cl4N6O10S2. The van der Waals surface area contributed by atoms with Gasteiger partial charge in [-0.15, -0.1) is 0 Å². The molecule has 0 saturated carbocycles. The fraction of sp³-hybridized carbons (Fsp3) is 0.520. The van der Waals surface area contributed by atoms with E-state index in [1.807, 2.05) is 38.4 Å². The molecule has 2 atom stereocenters. The maximum atomic E-state index is 13.0. The van der Waals surface area contributed by atoms with E-state index >= 15 is 0 Å². The molecule has 2 heterocycles. The van der Waals surface area contributed by atoms with Crippen molar-refractivity contribution in [3.8, 4) is 0 Å². The Kier molecular flexibility index (Phi) is 25.8. The zero-order valence-electron chi connectivity index (χ0n) is 40.9. The molecule has 6 rings (SSSR count). The molecule has 0 radical (unpaired) electrons. The molecule has 2 N–H and O–H groups in total. The molecule has 2 aliphatic rings. The van der Waals surface area contributed by atoms with Gasteiger partial charge in [0.05, 0.1) is 87.4 Å². The third-order valence-corrected chi connectivity index (χ3v) is 16.5. The van der Waals surface area contributed by atoms with Crippen molar-refractivity contribution in [3.63, 3.8) is 0 Å². The van der Waals surface area contributed by atoms with Crippen molar-refractivity contribution in [2.45, 2.75) is 47.6 Å². The first-order valence-corrected chi connectivity index (χ1v) is 28.6. The largest absolute Gasteiger partial charge is 0.379 e. The van der Waals surface area contributed by atoms with Crippen LogP contribution in [0.3, 0.4) is 0 Å². The zero-order valence-corrected chi connectivity index (χ0v) is 45.5. The van der Waals surface area contributed by atoms with Crippen molar-refractivity contribution in [1.29, 1.82) is 0 Å². The van der Waals surface area contributed by atoms with Gasteiger partial charge >= 0.3 is 0 Å². The summed E-state index contributed by atoms with van der Waals surface area (Å²) in [5.74, 6) is -0.0305. The van der Waals surface area contributed by atoms with Gasteiger partial charge in [0.1, 0.15) is 0 Å². The van der Waals surface area contributed by atoms with Gasteiger partial charge in [0.15, 0.2) is 19.7 Å². The van der Waals surface area contributed by atoms with Gasteiger partial charge in [-0.25, -0.2) is 16.8 Å². The van der Waals surface area contributed by atoms with Crippen molar-refractivity contribution >= 4 is 66.1 Å². The Balaban J connectivity index is 0.000000268. The second kappa shape index (κ2) is 31.1. The summed E-state index contributed by atoms with van der Waals surface area (Å²) < 4.78 is 84.2. The lowest BCUT2D eigenvalue weighted by Gasteiger charge is -2.33. The number of hydrogen-bond donors (Lipinski definition) is 1. The molecule has 72 heavy (non-hydrogen) atoms. The van der Waals surface area contributed by atoms with E-state index < -0.39 is 19.7 Å². The lowest BCUT2D eigenvalue weighted by molar-refractivity contribution is 0.0162. The topological polar surface area (TPSA) is 205 Å². The lowest BCUT2D eigenvalue weighted by Crippen LogP contribution is -2.31. The molecule has 16 nitrogen and oxygen atoms in total. The highest BCUT2D eigenvalue weighted by atomic mass is 35.5. The SMILES string of the molecule is CN1Cc2c(Cl)cc(Cl)cc2[C@H](c2cccc(S(=O)(=O)CCCOCCOCCOCCN)c2)C1.CN1Cc2c(Cl)cc(Cl)cc2[C@H](c2cccc(S(=O)(=O)CCCOCCOCCOCCN=[N+]=[N-])c2)C1. The van der Waals surface area contributed by atoms with Crippen LogP contribution in [0.4, 0.5) is 0 Å². The smallest absolute Gasteiger partial charge is 0.178 e. The Morgan fingerprint density at radius 3 is 1.38 bits per heavy atom. The van der Waals surface area contributed by atoms with Crippen LogP contribution in [-0.4, -0.2) is 158 Å². The Morgan fingerprint density at radius 1 is 0.583 bits per heavy atom. The minimum Gasteiger partial charge on any atom is -0.379 e. The lowest BCUT2D eigenvalue weighted by atomic mass is 9.85. The number of nitrogens with zero attached hydrogens (tertiary/aromatic N) is 5. The number of fused-ring (bicyclic) bond motifs is 2. The number of halogens is 4. The molecule has 396 valence electrons. The summed E-state index contributed by atoms with van der Waals surface area (Å²) in [6.07, 6.45) is 0.793. The first-order valence-electron chi connectivity index (χ1n) is 23.8. The zero-order chi connectivity index (χ0) is 51.9. The quantitative estimate of drug-likeness (QED) is 0.0234. The maximum absolute atomic E-state index is 13.0. The fourth-order valence-electron chi connectivity index (χ4n) is 8.37. The summed E-state index contributed by atoms with van der Waals surface area (Å²) in [5, 5.41) is 5.79. The number of sulfone groups is 2. The van der Waals surface area contributed by atoms with Crippen molar-refractivity contribution in [3.05, 3.63) is 137 Å². The number of ether oxygens (including phenoxy) is 6. The van der Waals surface area contributed by atoms with E-state index in [2.05, 4.69) is 19.8 Å². The minimum absolute atomic E-state index is 0.00482. The van der Waals surface area contributed by atoms with Crippen LogP contribution in [0.15, 0.2) is 87.7 Å². The highest BCUT2D eigenvalue weighted by Gasteiger charge is 2.30. The Hall–Kier alpha value is -3.11. The van der Waals surface area contributed by atoms with E-state index in [-0.39, 0.29) is 23.3 Å². The van der Waals surface area contributed by atoms with E-state index in [1.54, 1.807) is 48.5 Å². The van der Waals surface area contributed by atoms with Crippen LogP contribution in [0.1, 0.15) is 58.1 Å². The molecule has 2 aliphatic heterocycles. The second-order valence-corrected chi connectivity index (χ2v) is 23.2. The summed E-state index contributed by atoms with van der Waals surface area (Å²) in [6.45, 7) is 8.67. The van der Waals surface area contributed by atoms with Crippen LogP contribution in [0.25, 0.3) is 10.4 Å². The summed E-state index contributed by atoms with van der Waals surface area (Å²) in [5.41, 5.74) is 19.5. The third kappa shape index (κ3) is 19.2. The number of rotatable bonds is 29. The number of likely N-dealkylation sites (N-methyl/N-ethyl adjacent to an activating group) is 2. The van der Waals surface area contributed by atoms with E-state index in [4.69, 9.17) is 86.1 Å². The van der Waals surface area contributed by atoms with Crippen LogP contribution in [0, 0.1) is 0 Å². The summed E-state index contributed by atoms with van der Waals surface area (Å²) >= 11 is 25.5. The van der Waals surface area contributed by atoms with Gasteiger partial charge in [-0.2, -0.15) is 0 Å². The highest BCUT2D eigenvalue weighted by Crippen LogP contribution is 2.40. The summed E-state index contributed by atoms with van der Waals surface area (Å²) in [4.78, 5) is 7.62. The molecule has 0 saturated heterocycles. The predicted octanol–water partition coefficient (Wildman–Crippen LogP) is 8.84. The molecular weight excluding hydrogens is 1050 g/mol. The van der Waals surface area contributed by atoms with Gasteiger partial charge < -0.3 is 44.0 Å². The normalized spacial score (nSPS) is 16.1. The standard InChI is InChI=1S/C25H32Cl2N4O5S.C25H34Cl2N2O5S/c1-31-17-23(22-15-20(26)16-25(27)24(22)18-31)19-4-2-5-21(14-19)37(32,33)13-3-7-34-9-11-36-12-10-35-8-6-29-30-28;1-29-17-23(22-15-20(26)16-25(27)24(22)18-29)19-4-2-5-21(14-19)35(30,31)13-3-7-32-9-11-34-12-10-33-8-6-28/h2,4-5,14-16,23H,3,6-13,17-18H2,1H3;2,4-5,14-16,23H,3,6-13,17-18,28H2,1H3/t2*23-/m00/s1. The highest BCUT2D eigenvalue weighted by molar-refractivity contribution is 7.91. The van der Waals surface area contributed by atoms with E-state index in [0.29, 0.717) is 135 Å². The van der Waals surface area contributed by atoms with Gasteiger partial charge in [-0.1, -0.05) is 75.8 Å². The van der Waals surface area contributed by atoms with Crippen molar-refractivity contribution in [1.82, 2.24) is 9.80 Å². The summed E-state index contributed by atoms with van der Waals surface area (Å²) in [6, 6.07) is 21.7. The molecule has 0 unspecified atom stereocenters. The van der Waals surface area contributed by atoms with Crippen LogP contribution in [0.2, 0.25) is 20.1 Å². The van der Waals surface area contributed by atoms with E-state index in [9.17, 15) is 16.8 Å². The molecule has 0 bridgehead atoms. The van der Waals surface area contributed by atoms with Crippen molar-refractivity contribution < 1.29 is 45.3 Å². The van der Waals surface area contributed by atoms with Crippen LogP contribution >= 0.6 is 46.4 Å². The average molecular weight is 1120 g/mol. The van der Waals surface area contributed by atoms with E-state index in [1.165, 1.54) is 0 Å². The van der Waals surface area contributed by atoms with Crippen LogP contribution in [0.5, 0.6) is 0 Å². The van der Waals surface area contributed by atoms with Gasteiger partial charge in [0, 0.05) is 89.3 Å². The molecule has 0 spiro atoms. The first-order chi connectivity index (χ1) is 34.6. The Bertz CT molecular complexity index is 2610. The van der Waals surface area contributed by atoms with Crippen molar-refractivity contribution in [2.75, 3.05) is 131 Å². The molecule has 0 aromatic heterocycles. The van der Waals surface area contributed by atoms with Gasteiger partial charge in [0.2, 0.25) is 0 Å². The Labute approximate surface area is 444 Å². The van der Waals surface area contributed by atoms with Gasteiger partial charge in [-0.3, -0.25) is 0 Å². The number of azide groups is 1. The molecule has 0 amide bonds. The fourth-order valence-corrected chi connectivity index (χ4v) is 12.2. The minimum atomic E-state index is -3.47. The molecule has 22 heteroatoms. The number of hydrogen-bond acceptors (Lipinski definition) is 14. The first kappa shape index (κ1) is 59.8. The Morgan fingerprint density at radius 2 is 0.972 bits per heavy atom. The average Bonchev–Trinajstić information content (AvgIpc) is 3.35. The third-order valence-electron chi connectivity index (χ3n) is 11.8. The van der Waals surface area contributed by atoms with Crippen molar-refractivity contribution in [2.24, 2.45) is 10.8 Å². The van der Waals surface area contributed by atoms with Gasteiger partial charge in [0.25, 0.3) is 0 Å². The number of nitrogens with two attached hydrogens (primary N) is 1. The molecule has 0 fully saturated rings. The second-order valence-electron chi connectivity index (χ2n) is 17.3. The molecule has 4 aromatic rings. The summed E-state index contributed by atoms with van der Waals surface area (Å²) in [7, 11) is -2.86. The number of benzene rings is 4. The van der Waals surface area contributed by atoms with Crippen LogP contribution < -0.4 is 5.73 Å². The van der Waals surface area contributed by atoms with Crippen LogP contribution in [-0.2, 0) is 61.2 Å². The maximum Gasteiger partial charge on any atom is 0.178 e. The molecule has 0 aliphatic carbocycles. The predicted molar refractivity (Wildman–Crippen MR) is 283 cm³/mol. The monoisotopic (exact) mass is 1110 g/mol. The van der Waals surface area contributed by atoms with E-state index in [0.717, 1.165) is 59.6 Å². The van der Waals surface area contributed by atoms with Gasteiger partial charge in [-0.05, 0) is 114 Å². The molecule has 4 aromatic carbocycles.